The molecular weight excluding hydrogens is 282 g/mol. The number of amides is 1. The molecule has 0 atom stereocenters. The van der Waals surface area contributed by atoms with E-state index in [0.29, 0.717) is 18.5 Å². The fourth-order valence-electron chi connectivity index (χ4n) is 3.12. The van der Waals surface area contributed by atoms with Gasteiger partial charge in [-0.3, -0.25) is 9.59 Å². The smallest absolute Gasteiger partial charge is 0.310 e. The molecule has 22 heavy (non-hydrogen) atoms. The first kappa shape index (κ1) is 16.3. The second-order valence-corrected chi connectivity index (χ2v) is 6.25. The van der Waals surface area contributed by atoms with Crippen molar-refractivity contribution >= 4 is 17.6 Å². The van der Waals surface area contributed by atoms with E-state index < -0.39 is 11.4 Å². The molecular formula is C17H23NO4. The lowest BCUT2D eigenvalue weighted by molar-refractivity contribution is -0.152. The van der Waals surface area contributed by atoms with E-state index in [1.807, 2.05) is 6.92 Å². The van der Waals surface area contributed by atoms with Gasteiger partial charge < -0.3 is 15.5 Å². The van der Waals surface area contributed by atoms with Crippen LogP contribution in [0.2, 0.25) is 0 Å². The van der Waals surface area contributed by atoms with Crippen molar-refractivity contribution in [2.75, 3.05) is 5.32 Å². The fourth-order valence-corrected chi connectivity index (χ4v) is 3.12. The molecule has 5 heteroatoms. The van der Waals surface area contributed by atoms with Crippen LogP contribution in [-0.4, -0.2) is 22.1 Å². The van der Waals surface area contributed by atoms with E-state index in [9.17, 15) is 19.8 Å². The van der Waals surface area contributed by atoms with E-state index >= 15 is 0 Å². The summed E-state index contributed by atoms with van der Waals surface area (Å²) >= 11 is 0. The molecule has 0 bridgehead atoms. The first-order valence-corrected chi connectivity index (χ1v) is 7.76. The second kappa shape index (κ2) is 6.81. The van der Waals surface area contributed by atoms with Crippen molar-refractivity contribution in [1.29, 1.82) is 0 Å². The number of aryl methyl sites for hydroxylation is 1. The molecule has 0 aliphatic heterocycles. The van der Waals surface area contributed by atoms with Crippen molar-refractivity contribution in [1.82, 2.24) is 0 Å². The zero-order chi connectivity index (χ0) is 16.2. The number of phenols is 1. The van der Waals surface area contributed by atoms with Gasteiger partial charge in [-0.1, -0.05) is 31.7 Å². The van der Waals surface area contributed by atoms with Gasteiger partial charge in [0.15, 0.2) is 0 Å². The van der Waals surface area contributed by atoms with Gasteiger partial charge in [0.25, 0.3) is 0 Å². The molecule has 0 heterocycles. The normalized spacial score (nSPS) is 17.5. The molecule has 0 radical (unpaired) electrons. The number of phenolic OH excluding ortho intramolecular Hbond substituents is 1. The number of hydrogen-bond donors (Lipinski definition) is 3. The van der Waals surface area contributed by atoms with Crippen molar-refractivity contribution in [2.24, 2.45) is 5.41 Å². The third kappa shape index (κ3) is 3.78. The average Bonchev–Trinajstić information content (AvgIpc) is 2.68. The van der Waals surface area contributed by atoms with Crippen LogP contribution in [0.4, 0.5) is 5.69 Å². The molecule has 2 rings (SSSR count). The number of carbonyl (C=O) groups is 2. The molecule has 0 saturated heterocycles. The molecule has 1 aliphatic carbocycles. The summed E-state index contributed by atoms with van der Waals surface area (Å²) in [6.07, 6.45) is 4.76. The van der Waals surface area contributed by atoms with Crippen LogP contribution in [0.25, 0.3) is 0 Å². The molecule has 1 amide bonds. The Kier molecular flexibility index (Phi) is 5.06. The van der Waals surface area contributed by atoms with E-state index in [1.165, 1.54) is 0 Å². The monoisotopic (exact) mass is 305 g/mol. The van der Waals surface area contributed by atoms with Crippen LogP contribution in [0.15, 0.2) is 18.2 Å². The number of carbonyl (C=O) groups excluding carboxylic acids is 1. The first-order valence-electron chi connectivity index (χ1n) is 7.76. The minimum Gasteiger partial charge on any atom is -0.506 e. The highest BCUT2D eigenvalue weighted by Gasteiger charge is 2.40. The van der Waals surface area contributed by atoms with E-state index in [1.54, 1.807) is 18.2 Å². The van der Waals surface area contributed by atoms with Crippen molar-refractivity contribution in [2.45, 2.75) is 51.9 Å². The topological polar surface area (TPSA) is 86.6 Å². The molecule has 3 N–H and O–H groups in total. The summed E-state index contributed by atoms with van der Waals surface area (Å²) in [5, 5.41) is 22.1. The highest BCUT2D eigenvalue weighted by Crippen LogP contribution is 2.39. The number of carboxylic acid groups (broad SMARTS) is 1. The number of benzene rings is 1. The van der Waals surface area contributed by atoms with Crippen LogP contribution in [0, 0.1) is 12.3 Å². The fraction of sp³-hybridized carbons (Fsp3) is 0.529. The summed E-state index contributed by atoms with van der Waals surface area (Å²) in [5.74, 6) is -1.25. The van der Waals surface area contributed by atoms with Crippen molar-refractivity contribution < 1.29 is 19.8 Å². The number of aromatic hydroxyl groups is 1. The van der Waals surface area contributed by atoms with Crippen LogP contribution in [0.5, 0.6) is 5.75 Å². The molecule has 1 aliphatic rings. The number of rotatable bonds is 4. The second-order valence-electron chi connectivity index (χ2n) is 6.25. The SMILES string of the molecule is Cc1ccc(NC(=O)CC2(C(=O)O)CCCCCC2)c(O)c1. The molecule has 5 nitrogen and oxygen atoms in total. The third-order valence-corrected chi connectivity index (χ3v) is 4.44. The molecule has 1 aromatic rings. The highest BCUT2D eigenvalue weighted by atomic mass is 16.4. The number of aliphatic carboxylic acids is 1. The lowest BCUT2D eigenvalue weighted by Gasteiger charge is -2.27. The minimum atomic E-state index is -0.971. The summed E-state index contributed by atoms with van der Waals surface area (Å²) in [4.78, 5) is 24.0. The molecule has 0 unspecified atom stereocenters. The Labute approximate surface area is 130 Å². The third-order valence-electron chi connectivity index (χ3n) is 4.44. The summed E-state index contributed by atoms with van der Waals surface area (Å²) in [7, 11) is 0. The van der Waals surface area contributed by atoms with Crippen molar-refractivity contribution in [3.05, 3.63) is 23.8 Å². The van der Waals surface area contributed by atoms with E-state index in [0.717, 1.165) is 31.2 Å². The number of nitrogens with one attached hydrogen (secondary N) is 1. The van der Waals surface area contributed by atoms with E-state index in [4.69, 9.17) is 0 Å². The minimum absolute atomic E-state index is 0.00130. The molecule has 1 fully saturated rings. The lowest BCUT2D eigenvalue weighted by atomic mass is 9.77. The maximum Gasteiger partial charge on any atom is 0.310 e. The molecule has 1 aromatic carbocycles. The summed E-state index contributed by atoms with van der Waals surface area (Å²) in [6, 6.07) is 4.98. The van der Waals surface area contributed by atoms with Crippen LogP contribution >= 0.6 is 0 Å². The Bertz CT molecular complexity index is 560. The quantitative estimate of drug-likeness (QED) is 0.587. The van der Waals surface area contributed by atoms with Gasteiger partial charge in [-0.05, 0) is 37.5 Å². The first-order chi connectivity index (χ1) is 10.4. The maximum atomic E-state index is 12.3. The Morgan fingerprint density at radius 1 is 1.18 bits per heavy atom. The summed E-state index contributed by atoms with van der Waals surface area (Å²) in [6.45, 7) is 1.84. The predicted octanol–water partition coefficient (Wildman–Crippen LogP) is 3.45. The predicted molar refractivity (Wildman–Crippen MR) is 83.9 cm³/mol. The zero-order valence-electron chi connectivity index (χ0n) is 12.9. The summed E-state index contributed by atoms with van der Waals surface area (Å²) < 4.78 is 0. The van der Waals surface area contributed by atoms with Crippen molar-refractivity contribution in [3.8, 4) is 5.75 Å². The van der Waals surface area contributed by atoms with Crippen molar-refractivity contribution in [3.63, 3.8) is 0 Å². The summed E-state index contributed by atoms with van der Waals surface area (Å²) in [5.41, 5.74) is 0.243. The number of carboxylic acids is 1. The lowest BCUT2D eigenvalue weighted by Crippen LogP contribution is -2.35. The van der Waals surface area contributed by atoms with Crippen LogP contribution in [0.1, 0.15) is 50.5 Å². The van der Waals surface area contributed by atoms with Crippen LogP contribution in [0.3, 0.4) is 0 Å². The van der Waals surface area contributed by atoms with Gasteiger partial charge in [-0.25, -0.2) is 0 Å². The van der Waals surface area contributed by atoms with Gasteiger partial charge >= 0.3 is 5.97 Å². The average molecular weight is 305 g/mol. The Balaban J connectivity index is 2.09. The largest absolute Gasteiger partial charge is 0.506 e. The molecule has 0 spiro atoms. The van der Waals surface area contributed by atoms with Gasteiger partial charge in [-0.2, -0.15) is 0 Å². The molecule has 1 saturated carbocycles. The van der Waals surface area contributed by atoms with Crippen LogP contribution < -0.4 is 5.32 Å². The van der Waals surface area contributed by atoms with Gasteiger partial charge in [0.1, 0.15) is 5.75 Å². The van der Waals surface area contributed by atoms with Gasteiger partial charge in [0.05, 0.1) is 11.1 Å². The van der Waals surface area contributed by atoms with Crippen LogP contribution in [-0.2, 0) is 9.59 Å². The Hall–Kier alpha value is -2.04. The van der Waals surface area contributed by atoms with Gasteiger partial charge in [0.2, 0.25) is 5.91 Å². The molecule has 120 valence electrons. The highest BCUT2D eigenvalue weighted by molar-refractivity contribution is 5.95. The Morgan fingerprint density at radius 3 is 2.36 bits per heavy atom. The maximum absolute atomic E-state index is 12.3. The Morgan fingerprint density at radius 2 is 1.82 bits per heavy atom. The standard InChI is InChI=1S/C17H23NO4/c1-12-6-7-13(14(19)10-12)18-15(20)11-17(16(21)22)8-4-2-3-5-9-17/h6-7,10,19H,2-5,8-9,11H2,1H3,(H,18,20)(H,21,22). The van der Waals surface area contributed by atoms with E-state index in [2.05, 4.69) is 5.32 Å². The number of hydrogen-bond acceptors (Lipinski definition) is 3. The van der Waals surface area contributed by atoms with Gasteiger partial charge in [-0.15, -0.1) is 0 Å². The van der Waals surface area contributed by atoms with E-state index in [-0.39, 0.29) is 18.1 Å². The molecule has 0 aromatic heterocycles. The van der Waals surface area contributed by atoms with Gasteiger partial charge in [0, 0.05) is 6.42 Å². The number of anilines is 1. The zero-order valence-corrected chi connectivity index (χ0v) is 12.9.